The van der Waals surface area contributed by atoms with E-state index in [1.807, 2.05) is 59.2 Å². The minimum Gasteiger partial charge on any atom is -0.309 e. The van der Waals surface area contributed by atoms with Crippen molar-refractivity contribution in [1.29, 1.82) is 5.26 Å². The molecule has 0 saturated carbocycles. The van der Waals surface area contributed by atoms with E-state index in [-0.39, 0.29) is 5.56 Å². The first-order valence-electron chi connectivity index (χ1n) is 13.6. The van der Waals surface area contributed by atoms with E-state index in [2.05, 4.69) is 83.4 Å². The van der Waals surface area contributed by atoms with Crippen molar-refractivity contribution in [3.8, 4) is 28.6 Å². The summed E-state index contributed by atoms with van der Waals surface area (Å²) >= 11 is 0. The smallest absolute Gasteiger partial charge is 0.143 e. The minimum atomic E-state index is -0.539. The lowest BCUT2D eigenvalue weighted by atomic mass is 9.97. The summed E-state index contributed by atoms with van der Waals surface area (Å²) in [7, 11) is 0. The van der Waals surface area contributed by atoms with Crippen LogP contribution in [0, 0.1) is 17.1 Å². The van der Waals surface area contributed by atoms with Crippen molar-refractivity contribution in [3.63, 3.8) is 0 Å². The van der Waals surface area contributed by atoms with Crippen LogP contribution in [-0.2, 0) is 0 Å². The van der Waals surface area contributed by atoms with Gasteiger partial charge in [0.2, 0.25) is 0 Å². The molecule has 4 heteroatoms. The van der Waals surface area contributed by atoms with Gasteiger partial charge in [-0.25, -0.2) is 4.39 Å². The van der Waals surface area contributed by atoms with Crippen LogP contribution in [-0.4, -0.2) is 9.13 Å². The van der Waals surface area contributed by atoms with Crippen LogP contribution in [0.1, 0.15) is 5.56 Å². The lowest BCUT2D eigenvalue weighted by molar-refractivity contribution is 0.623. The topological polar surface area (TPSA) is 33.6 Å². The van der Waals surface area contributed by atoms with Crippen molar-refractivity contribution in [1.82, 2.24) is 9.13 Å². The summed E-state index contributed by atoms with van der Waals surface area (Å²) in [6.45, 7) is 0. The van der Waals surface area contributed by atoms with E-state index in [0.717, 1.165) is 60.4 Å². The maximum absolute atomic E-state index is 15.5. The highest BCUT2D eigenvalue weighted by molar-refractivity contribution is 6.11. The van der Waals surface area contributed by atoms with E-state index >= 15 is 4.39 Å². The second kappa shape index (κ2) is 8.94. The maximum Gasteiger partial charge on any atom is 0.143 e. The number of hydrogen-bond donors (Lipinski definition) is 0. The van der Waals surface area contributed by atoms with Gasteiger partial charge in [0.25, 0.3) is 0 Å². The van der Waals surface area contributed by atoms with Crippen LogP contribution in [0.2, 0.25) is 0 Å². The Bertz CT molecular complexity index is 2240. The van der Waals surface area contributed by atoms with Crippen molar-refractivity contribution in [2.75, 3.05) is 0 Å². The number of aromatic nitrogens is 2. The molecular weight excluding hydrogens is 505 g/mol. The van der Waals surface area contributed by atoms with Gasteiger partial charge in [0.05, 0.1) is 33.4 Å². The van der Waals surface area contributed by atoms with E-state index in [9.17, 15) is 5.26 Å². The van der Waals surface area contributed by atoms with Crippen molar-refractivity contribution >= 4 is 43.6 Å². The fourth-order valence-corrected chi connectivity index (χ4v) is 6.36. The molecule has 8 aromatic rings. The summed E-state index contributed by atoms with van der Waals surface area (Å²) in [5.74, 6) is -0.539. The normalized spacial score (nSPS) is 11.5. The maximum atomic E-state index is 15.5. The summed E-state index contributed by atoms with van der Waals surface area (Å²) in [5, 5.41) is 14.8. The standard InChI is InChI=1S/C37H22FN3/c38-31-22-21-29(37(30(31)23-39)41-35-19-9-3-13-26(35)27-14-4-10-20-36(27)41)28-15-5-8-18-34(28)40-32-16-6-1-11-24(32)25-12-2-7-17-33(25)40/h1-22H. The average Bonchev–Trinajstić information content (AvgIpc) is 3.54. The van der Waals surface area contributed by atoms with E-state index in [4.69, 9.17) is 0 Å². The predicted molar refractivity (Wildman–Crippen MR) is 165 cm³/mol. The molecule has 0 aliphatic carbocycles. The molecular formula is C37H22FN3. The Morgan fingerprint density at radius 3 is 1.41 bits per heavy atom. The first-order chi connectivity index (χ1) is 20.3. The van der Waals surface area contributed by atoms with Gasteiger partial charge in [-0.15, -0.1) is 0 Å². The SMILES string of the molecule is N#Cc1c(F)ccc(-c2ccccc2-n2c3ccccc3c3ccccc32)c1-n1c2ccccc2c2ccccc21. The molecule has 0 N–H and O–H groups in total. The summed E-state index contributed by atoms with van der Waals surface area (Å²) in [6, 6.07) is 46.6. The predicted octanol–water partition coefficient (Wildman–Crippen LogP) is 9.56. The fourth-order valence-electron chi connectivity index (χ4n) is 6.36. The number of para-hydroxylation sites is 5. The van der Waals surface area contributed by atoms with Gasteiger partial charge in [-0.2, -0.15) is 5.26 Å². The van der Waals surface area contributed by atoms with Gasteiger partial charge in [0, 0.05) is 32.7 Å². The molecule has 0 unspecified atom stereocenters. The van der Waals surface area contributed by atoms with Gasteiger partial charge in [0.1, 0.15) is 17.4 Å². The van der Waals surface area contributed by atoms with Gasteiger partial charge < -0.3 is 9.13 Å². The van der Waals surface area contributed by atoms with E-state index in [1.54, 1.807) is 0 Å². The second-order valence-electron chi connectivity index (χ2n) is 10.2. The van der Waals surface area contributed by atoms with Crippen molar-refractivity contribution < 1.29 is 4.39 Å². The molecule has 0 spiro atoms. The highest BCUT2D eigenvalue weighted by Crippen LogP contribution is 2.42. The van der Waals surface area contributed by atoms with Crippen LogP contribution in [0.15, 0.2) is 133 Å². The monoisotopic (exact) mass is 527 g/mol. The van der Waals surface area contributed by atoms with Gasteiger partial charge >= 0.3 is 0 Å². The van der Waals surface area contributed by atoms with E-state index < -0.39 is 5.82 Å². The van der Waals surface area contributed by atoms with Crippen LogP contribution < -0.4 is 0 Å². The van der Waals surface area contributed by atoms with Gasteiger partial charge in [-0.1, -0.05) is 91.0 Å². The summed E-state index contributed by atoms with van der Waals surface area (Å²) < 4.78 is 19.8. The van der Waals surface area contributed by atoms with Crippen LogP contribution in [0.25, 0.3) is 66.1 Å². The van der Waals surface area contributed by atoms with Gasteiger partial charge in [-0.05, 0) is 42.5 Å². The zero-order valence-electron chi connectivity index (χ0n) is 21.9. The van der Waals surface area contributed by atoms with Crippen molar-refractivity contribution in [3.05, 3.63) is 145 Å². The quantitative estimate of drug-likeness (QED) is 0.225. The molecule has 41 heavy (non-hydrogen) atoms. The molecule has 8 rings (SSSR count). The number of hydrogen-bond acceptors (Lipinski definition) is 1. The zero-order chi connectivity index (χ0) is 27.5. The molecule has 0 radical (unpaired) electrons. The van der Waals surface area contributed by atoms with Gasteiger partial charge in [0.15, 0.2) is 0 Å². The molecule has 6 aromatic carbocycles. The Morgan fingerprint density at radius 2 is 0.902 bits per heavy atom. The largest absolute Gasteiger partial charge is 0.309 e. The second-order valence-corrected chi connectivity index (χ2v) is 10.2. The molecule has 2 heterocycles. The molecule has 0 amide bonds. The number of nitriles is 1. The lowest BCUT2D eigenvalue weighted by Gasteiger charge is -2.19. The Hall–Kier alpha value is -5.66. The first-order valence-corrected chi connectivity index (χ1v) is 13.6. The molecule has 0 aliphatic heterocycles. The van der Waals surface area contributed by atoms with E-state index in [0.29, 0.717) is 5.69 Å². The van der Waals surface area contributed by atoms with Gasteiger partial charge in [-0.3, -0.25) is 0 Å². The highest BCUT2D eigenvalue weighted by atomic mass is 19.1. The number of nitrogens with zero attached hydrogens (tertiary/aromatic N) is 3. The number of fused-ring (bicyclic) bond motifs is 6. The molecule has 2 aromatic heterocycles. The zero-order valence-corrected chi connectivity index (χ0v) is 21.9. The molecule has 0 fully saturated rings. The summed E-state index contributed by atoms with van der Waals surface area (Å²) in [6.07, 6.45) is 0. The van der Waals surface area contributed by atoms with Crippen molar-refractivity contribution in [2.24, 2.45) is 0 Å². The van der Waals surface area contributed by atoms with Crippen LogP contribution in [0.3, 0.4) is 0 Å². The lowest BCUT2D eigenvalue weighted by Crippen LogP contribution is -2.05. The Balaban J connectivity index is 1.53. The van der Waals surface area contributed by atoms with Crippen LogP contribution in [0.5, 0.6) is 0 Å². The fraction of sp³-hybridized carbons (Fsp3) is 0. The third kappa shape index (κ3) is 3.30. The number of rotatable bonds is 3. The summed E-state index contributed by atoms with van der Waals surface area (Å²) in [5.41, 5.74) is 7.23. The van der Waals surface area contributed by atoms with Crippen LogP contribution in [0.4, 0.5) is 4.39 Å². The van der Waals surface area contributed by atoms with Crippen LogP contribution >= 0.6 is 0 Å². The Labute approximate surface area is 235 Å². The Morgan fingerprint density at radius 1 is 0.463 bits per heavy atom. The first kappa shape index (κ1) is 23.2. The van der Waals surface area contributed by atoms with E-state index in [1.165, 1.54) is 6.07 Å². The molecule has 0 aliphatic rings. The molecule has 192 valence electrons. The highest BCUT2D eigenvalue weighted by Gasteiger charge is 2.23. The minimum absolute atomic E-state index is 0.0195. The number of benzene rings is 6. The molecule has 0 bridgehead atoms. The third-order valence-electron chi connectivity index (χ3n) is 8.06. The molecule has 0 atom stereocenters. The molecule has 3 nitrogen and oxygen atoms in total. The van der Waals surface area contributed by atoms with Crippen molar-refractivity contribution in [2.45, 2.75) is 0 Å². The Kier molecular flexibility index (Phi) is 5.07. The average molecular weight is 528 g/mol. The summed E-state index contributed by atoms with van der Waals surface area (Å²) in [4.78, 5) is 0. The molecule has 0 saturated heterocycles. The number of halogens is 1. The third-order valence-corrected chi connectivity index (χ3v) is 8.06.